The van der Waals surface area contributed by atoms with E-state index >= 15 is 0 Å². The lowest BCUT2D eigenvalue weighted by molar-refractivity contribution is -0.141. The zero-order valence-corrected chi connectivity index (χ0v) is 14.5. The molecule has 1 aliphatic carbocycles. The molecule has 1 saturated carbocycles. The first-order valence-corrected chi connectivity index (χ1v) is 8.88. The number of amides is 1. The predicted octanol–water partition coefficient (Wildman–Crippen LogP) is 3.37. The number of imidazole rings is 1. The predicted molar refractivity (Wildman–Crippen MR) is 88.7 cm³/mol. The van der Waals surface area contributed by atoms with Crippen LogP contribution in [0.15, 0.2) is 24.5 Å². The summed E-state index contributed by atoms with van der Waals surface area (Å²) in [4.78, 5) is 18.1. The summed E-state index contributed by atoms with van der Waals surface area (Å²) in [5.74, 6) is 0.565. The Morgan fingerprint density at radius 3 is 2.81 bits per heavy atom. The minimum absolute atomic E-state index is 0.0330. The Morgan fingerprint density at radius 2 is 2.12 bits per heavy atom. The van der Waals surface area contributed by atoms with Gasteiger partial charge in [0.25, 0.3) is 5.91 Å². The second-order valence-electron chi connectivity index (χ2n) is 7.31. The van der Waals surface area contributed by atoms with Crippen LogP contribution in [0.1, 0.15) is 47.3 Å². The highest BCUT2D eigenvalue weighted by Gasteiger charge is 2.36. The summed E-state index contributed by atoms with van der Waals surface area (Å²) in [5.41, 5.74) is -0.145. The third-order valence-corrected chi connectivity index (χ3v) is 5.20. The molecule has 26 heavy (non-hydrogen) atoms. The first-order valence-electron chi connectivity index (χ1n) is 8.88. The number of aryl methyl sites for hydroxylation is 1. The van der Waals surface area contributed by atoms with Crippen molar-refractivity contribution in [2.75, 3.05) is 13.6 Å². The Morgan fingerprint density at radius 1 is 1.35 bits per heavy atom. The van der Waals surface area contributed by atoms with E-state index in [0.717, 1.165) is 25.5 Å². The topological polar surface area (TPSA) is 43.1 Å². The third kappa shape index (κ3) is 3.24. The van der Waals surface area contributed by atoms with Crippen LogP contribution < -0.4 is 0 Å². The maximum atomic E-state index is 12.8. The lowest BCUT2D eigenvalue weighted by atomic mass is 9.99. The van der Waals surface area contributed by atoms with Crippen LogP contribution in [0.5, 0.6) is 0 Å². The fraction of sp³-hybridized carbons (Fsp3) is 0.556. The second-order valence-corrected chi connectivity index (χ2v) is 7.31. The van der Waals surface area contributed by atoms with Gasteiger partial charge >= 0.3 is 6.18 Å². The van der Waals surface area contributed by atoms with Crippen LogP contribution in [-0.2, 0) is 19.1 Å². The molecule has 0 saturated heterocycles. The number of hydrogen-bond acceptors (Lipinski definition) is 2. The summed E-state index contributed by atoms with van der Waals surface area (Å²) >= 11 is 0. The van der Waals surface area contributed by atoms with Gasteiger partial charge in [0.05, 0.1) is 0 Å². The minimum Gasteiger partial charge on any atom is -0.340 e. The zero-order valence-electron chi connectivity index (χ0n) is 14.5. The molecule has 0 bridgehead atoms. The van der Waals surface area contributed by atoms with Crippen molar-refractivity contribution in [3.05, 3.63) is 41.7 Å². The van der Waals surface area contributed by atoms with Crippen molar-refractivity contribution in [1.82, 2.24) is 19.0 Å². The number of carbonyl (C=O) groups excluding carboxylic acids is 1. The van der Waals surface area contributed by atoms with Crippen LogP contribution in [0, 0.1) is 5.92 Å². The minimum atomic E-state index is -4.42. The summed E-state index contributed by atoms with van der Waals surface area (Å²) < 4.78 is 42.1. The van der Waals surface area contributed by atoms with Gasteiger partial charge in [-0.3, -0.25) is 4.79 Å². The van der Waals surface area contributed by atoms with E-state index in [9.17, 15) is 18.0 Å². The quantitative estimate of drug-likeness (QED) is 0.833. The van der Waals surface area contributed by atoms with E-state index in [-0.39, 0.29) is 11.8 Å². The number of carbonyl (C=O) groups is 1. The highest BCUT2D eigenvalue weighted by molar-refractivity contribution is 5.92. The molecule has 2 aromatic heterocycles. The van der Waals surface area contributed by atoms with Crippen LogP contribution in [0.3, 0.4) is 0 Å². The molecular formula is C18H21F3N4O. The van der Waals surface area contributed by atoms with Crippen molar-refractivity contribution in [2.45, 2.75) is 44.4 Å². The van der Waals surface area contributed by atoms with E-state index in [0.29, 0.717) is 37.1 Å². The number of halogens is 3. The number of fused-ring (bicyclic) bond motifs is 1. The molecule has 1 atom stereocenters. The molecule has 1 fully saturated rings. The molecule has 5 nitrogen and oxygen atoms in total. The normalized spacial score (nSPS) is 20.1. The summed E-state index contributed by atoms with van der Waals surface area (Å²) in [7, 11) is 1.76. The molecule has 4 rings (SSSR count). The first-order chi connectivity index (χ1) is 12.3. The van der Waals surface area contributed by atoms with Gasteiger partial charge in [-0.1, -0.05) is 0 Å². The molecule has 2 aliphatic rings. The van der Waals surface area contributed by atoms with E-state index in [2.05, 4.69) is 4.98 Å². The average molecular weight is 366 g/mol. The van der Waals surface area contributed by atoms with E-state index in [1.165, 1.54) is 0 Å². The maximum Gasteiger partial charge on any atom is 0.434 e. The first kappa shape index (κ1) is 17.2. The summed E-state index contributed by atoms with van der Waals surface area (Å²) in [6.07, 6.45) is 2.05. The molecule has 3 heterocycles. The fourth-order valence-electron chi connectivity index (χ4n) is 3.71. The van der Waals surface area contributed by atoms with Crippen LogP contribution in [0.4, 0.5) is 13.2 Å². The monoisotopic (exact) mass is 366 g/mol. The fourth-order valence-corrected chi connectivity index (χ4v) is 3.71. The van der Waals surface area contributed by atoms with Gasteiger partial charge in [0, 0.05) is 45.0 Å². The van der Waals surface area contributed by atoms with Crippen LogP contribution in [0.25, 0.3) is 0 Å². The highest BCUT2D eigenvalue weighted by Crippen LogP contribution is 2.36. The van der Waals surface area contributed by atoms with E-state index < -0.39 is 11.9 Å². The van der Waals surface area contributed by atoms with Crippen molar-refractivity contribution in [3.63, 3.8) is 0 Å². The maximum absolute atomic E-state index is 12.8. The van der Waals surface area contributed by atoms with Crippen molar-refractivity contribution in [1.29, 1.82) is 0 Å². The van der Waals surface area contributed by atoms with E-state index in [4.69, 9.17) is 0 Å². The van der Waals surface area contributed by atoms with Crippen LogP contribution >= 0.6 is 0 Å². The molecular weight excluding hydrogens is 345 g/mol. The van der Waals surface area contributed by atoms with Crippen molar-refractivity contribution >= 4 is 5.91 Å². The zero-order chi connectivity index (χ0) is 18.5. The molecule has 0 N–H and O–H groups in total. The lowest BCUT2D eigenvalue weighted by Gasteiger charge is -2.28. The average Bonchev–Trinajstić information content (AvgIpc) is 3.15. The molecule has 2 aromatic rings. The Bertz CT molecular complexity index is 819. The van der Waals surface area contributed by atoms with Crippen molar-refractivity contribution in [3.8, 4) is 0 Å². The number of rotatable bonds is 4. The van der Waals surface area contributed by atoms with Crippen LogP contribution in [-0.4, -0.2) is 38.5 Å². The molecule has 0 unspecified atom stereocenters. The standard InChI is InChI=1S/C18H21F3N4O/c1-23(17(26)14-3-2-8-25(14)13-5-6-13)9-12-4-7-16-22-15(18(19,20)21)11-24(16)10-12/h2-3,8,11-13H,4-7,9-10H2,1H3/t12-/m1/s1. The van der Waals surface area contributed by atoms with Gasteiger partial charge in [-0.05, 0) is 37.3 Å². The van der Waals surface area contributed by atoms with E-state index in [1.807, 2.05) is 22.9 Å². The molecule has 0 aromatic carbocycles. The summed E-state index contributed by atoms with van der Waals surface area (Å²) in [6.45, 7) is 0.979. The molecule has 8 heteroatoms. The van der Waals surface area contributed by atoms with Gasteiger partial charge in [-0.2, -0.15) is 13.2 Å². The lowest BCUT2D eigenvalue weighted by Crippen LogP contribution is -2.36. The Kier molecular flexibility index (Phi) is 4.08. The Balaban J connectivity index is 1.42. The van der Waals surface area contributed by atoms with Gasteiger partial charge in [-0.25, -0.2) is 4.98 Å². The molecule has 140 valence electrons. The van der Waals surface area contributed by atoms with E-state index in [1.54, 1.807) is 16.5 Å². The number of alkyl halides is 3. The van der Waals surface area contributed by atoms with Crippen molar-refractivity contribution in [2.24, 2.45) is 5.92 Å². The number of hydrogen-bond donors (Lipinski definition) is 0. The second kappa shape index (κ2) is 6.17. The largest absolute Gasteiger partial charge is 0.434 e. The molecule has 1 aliphatic heterocycles. The van der Waals surface area contributed by atoms with Crippen molar-refractivity contribution < 1.29 is 18.0 Å². The van der Waals surface area contributed by atoms with Gasteiger partial charge in [-0.15, -0.1) is 0 Å². The smallest absolute Gasteiger partial charge is 0.340 e. The molecule has 0 radical (unpaired) electrons. The molecule has 0 spiro atoms. The van der Waals surface area contributed by atoms with Gasteiger partial charge in [0.15, 0.2) is 5.69 Å². The Hall–Kier alpha value is -2.25. The summed E-state index contributed by atoms with van der Waals surface area (Å²) in [5, 5.41) is 0. The third-order valence-electron chi connectivity index (χ3n) is 5.20. The van der Waals surface area contributed by atoms with Crippen LogP contribution in [0.2, 0.25) is 0 Å². The SMILES string of the molecule is CN(C[C@H]1CCc2nc(C(F)(F)F)cn2C1)C(=O)c1cccn1C1CC1. The van der Waals surface area contributed by atoms with Gasteiger partial charge in [0.2, 0.25) is 0 Å². The van der Waals surface area contributed by atoms with Gasteiger partial charge in [0.1, 0.15) is 11.5 Å². The number of aromatic nitrogens is 3. The highest BCUT2D eigenvalue weighted by atomic mass is 19.4. The Labute approximate surface area is 149 Å². The summed E-state index contributed by atoms with van der Waals surface area (Å²) in [6, 6.07) is 4.15. The van der Waals surface area contributed by atoms with Gasteiger partial charge < -0.3 is 14.0 Å². The molecule has 1 amide bonds. The number of nitrogens with zero attached hydrogens (tertiary/aromatic N) is 4.